The Balaban J connectivity index is 1.70. The summed E-state index contributed by atoms with van der Waals surface area (Å²) < 4.78 is 13.2. The summed E-state index contributed by atoms with van der Waals surface area (Å²) in [5.74, 6) is -1.18. The van der Waals surface area contributed by atoms with Crippen LogP contribution in [0.4, 0.5) is 15.8 Å². The first-order chi connectivity index (χ1) is 11.6. The molecule has 1 N–H and O–H groups in total. The summed E-state index contributed by atoms with van der Waals surface area (Å²) in [7, 11) is 0. The fourth-order valence-corrected chi connectivity index (χ4v) is 2.89. The molecule has 1 aliphatic rings. The highest BCUT2D eigenvalue weighted by Gasteiger charge is 2.35. The molecule has 5 heteroatoms. The molecule has 0 spiro atoms. The van der Waals surface area contributed by atoms with Crippen LogP contribution in [0.25, 0.3) is 0 Å². The standard InChI is InChI=1S/C19H19FN2O2/c1-2-13-5-3-8-17(9-13)22-12-14(10-18(22)23)19(24)21-16-7-4-6-15(20)11-16/h3-9,11,14H,2,10,12H2,1H3,(H,21,24)/t14-/m0/s1. The molecule has 0 unspecified atom stereocenters. The van der Waals surface area contributed by atoms with Crippen molar-refractivity contribution < 1.29 is 14.0 Å². The Morgan fingerprint density at radius 1 is 1.25 bits per heavy atom. The van der Waals surface area contributed by atoms with Crippen LogP contribution in [0.2, 0.25) is 0 Å². The van der Waals surface area contributed by atoms with E-state index in [0.29, 0.717) is 12.2 Å². The summed E-state index contributed by atoms with van der Waals surface area (Å²) in [6.45, 7) is 2.40. The van der Waals surface area contributed by atoms with Crippen LogP contribution in [0, 0.1) is 11.7 Å². The molecule has 1 aliphatic heterocycles. The summed E-state index contributed by atoms with van der Waals surface area (Å²) in [5, 5.41) is 2.68. The minimum atomic E-state index is -0.439. The number of benzene rings is 2. The van der Waals surface area contributed by atoms with E-state index in [2.05, 4.69) is 12.2 Å². The van der Waals surface area contributed by atoms with Gasteiger partial charge in [-0.3, -0.25) is 9.59 Å². The number of anilines is 2. The molecular formula is C19H19FN2O2. The van der Waals surface area contributed by atoms with Gasteiger partial charge in [-0.1, -0.05) is 25.1 Å². The molecule has 1 saturated heterocycles. The number of aryl methyl sites for hydroxylation is 1. The molecule has 2 aromatic carbocycles. The number of nitrogens with zero attached hydrogens (tertiary/aromatic N) is 1. The van der Waals surface area contributed by atoms with Crippen LogP contribution in [0.1, 0.15) is 18.9 Å². The number of hydrogen-bond donors (Lipinski definition) is 1. The van der Waals surface area contributed by atoms with Gasteiger partial charge >= 0.3 is 0 Å². The third-order valence-corrected chi connectivity index (χ3v) is 4.22. The highest BCUT2D eigenvalue weighted by atomic mass is 19.1. The number of halogens is 1. The number of carbonyl (C=O) groups excluding carboxylic acids is 2. The Hall–Kier alpha value is -2.69. The SMILES string of the molecule is CCc1cccc(N2C[C@@H](C(=O)Nc3cccc(F)c3)CC2=O)c1. The van der Waals surface area contributed by atoms with Gasteiger partial charge in [-0.15, -0.1) is 0 Å². The lowest BCUT2D eigenvalue weighted by atomic mass is 10.1. The van der Waals surface area contributed by atoms with Gasteiger partial charge in [0, 0.05) is 24.3 Å². The number of rotatable bonds is 4. The molecule has 0 bridgehead atoms. The molecular weight excluding hydrogens is 307 g/mol. The van der Waals surface area contributed by atoms with Gasteiger partial charge in [-0.25, -0.2) is 4.39 Å². The van der Waals surface area contributed by atoms with Gasteiger partial charge in [-0.2, -0.15) is 0 Å². The number of nitrogens with one attached hydrogen (secondary N) is 1. The van der Waals surface area contributed by atoms with Crippen molar-refractivity contribution in [3.63, 3.8) is 0 Å². The zero-order chi connectivity index (χ0) is 17.1. The summed E-state index contributed by atoms with van der Waals surface area (Å²) in [6.07, 6.45) is 1.05. The predicted octanol–water partition coefficient (Wildman–Crippen LogP) is 3.38. The van der Waals surface area contributed by atoms with Crippen molar-refractivity contribution in [2.24, 2.45) is 5.92 Å². The fourth-order valence-electron chi connectivity index (χ4n) is 2.89. The fraction of sp³-hybridized carbons (Fsp3) is 0.263. The van der Waals surface area contributed by atoms with E-state index in [1.165, 1.54) is 18.2 Å². The van der Waals surface area contributed by atoms with Gasteiger partial charge in [-0.05, 0) is 42.3 Å². The topological polar surface area (TPSA) is 49.4 Å². The Morgan fingerprint density at radius 3 is 2.79 bits per heavy atom. The van der Waals surface area contributed by atoms with E-state index in [1.807, 2.05) is 24.3 Å². The average molecular weight is 326 g/mol. The third kappa shape index (κ3) is 3.45. The summed E-state index contributed by atoms with van der Waals surface area (Å²) in [6, 6.07) is 13.5. The van der Waals surface area contributed by atoms with Crippen molar-refractivity contribution >= 4 is 23.2 Å². The van der Waals surface area contributed by atoms with Gasteiger partial charge in [0.05, 0.1) is 5.92 Å². The Kier molecular flexibility index (Phi) is 4.60. The van der Waals surface area contributed by atoms with Crippen molar-refractivity contribution in [1.29, 1.82) is 0 Å². The van der Waals surface area contributed by atoms with Crippen molar-refractivity contribution in [2.45, 2.75) is 19.8 Å². The van der Waals surface area contributed by atoms with Gasteiger partial charge in [0.15, 0.2) is 0 Å². The zero-order valence-electron chi connectivity index (χ0n) is 13.5. The minimum absolute atomic E-state index is 0.0670. The third-order valence-electron chi connectivity index (χ3n) is 4.22. The summed E-state index contributed by atoms with van der Waals surface area (Å²) in [4.78, 5) is 26.3. The van der Waals surface area contributed by atoms with Crippen molar-refractivity contribution in [1.82, 2.24) is 0 Å². The molecule has 0 saturated carbocycles. The quantitative estimate of drug-likeness (QED) is 0.936. The molecule has 0 radical (unpaired) electrons. The first kappa shape index (κ1) is 16.2. The van der Waals surface area contributed by atoms with Crippen LogP contribution in [-0.2, 0) is 16.0 Å². The molecule has 24 heavy (non-hydrogen) atoms. The normalized spacial score (nSPS) is 17.2. The van der Waals surface area contributed by atoms with Crippen LogP contribution in [-0.4, -0.2) is 18.4 Å². The maximum absolute atomic E-state index is 13.2. The second-order valence-electron chi connectivity index (χ2n) is 5.93. The molecule has 4 nitrogen and oxygen atoms in total. The number of carbonyl (C=O) groups is 2. The number of amides is 2. The van der Waals surface area contributed by atoms with E-state index in [9.17, 15) is 14.0 Å². The van der Waals surface area contributed by atoms with Crippen molar-refractivity contribution in [3.05, 3.63) is 59.9 Å². The van der Waals surface area contributed by atoms with E-state index in [0.717, 1.165) is 17.7 Å². The molecule has 1 fully saturated rings. The summed E-state index contributed by atoms with van der Waals surface area (Å²) in [5.41, 5.74) is 2.37. The lowest BCUT2D eigenvalue weighted by Crippen LogP contribution is -2.28. The Morgan fingerprint density at radius 2 is 2.04 bits per heavy atom. The van der Waals surface area contributed by atoms with Gasteiger partial charge in [0.2, 0.25) is 11.8 Å². The van der Waals surface area contributed by atoms with Gasteiger partial charge in [0.25, 0.3) is 0 Å². The molecule has 0 aliphatic carbocycles. The molecule has 2 amide bonds. The monoisotopic (exact) mass is 326 g/mol. The number of hydrogen-bond acceptors (Lipinski definition) is 2. The molecule has 124 valence electrons. The molecule has 2 aromatic rings. The second-order valence-corrected chi connectivity index (χ2v) is 5.93. The molecule has 1 heterocycles. The first-order valence-corrected chi connectivity index (χ1v) is 8.02. The zero-order valence-corrected chi connectivity index (χ0v) is 13.5. The van der Waals surface area contributed by atoms with Crippen LogP contribution in [0.5, 0.6) is 0 Å². The van der Waals surface area contributed by atoms with Crippen LogP contribution in [0.15, 0.2) is 48.5 Å². The van der Waals surface area contributed by atoms with Gasteiger partial charge in [0.1, 0.15) is 5.82 Å². The van der Waals surface area contributed by atoms with Crippen molar-refractivity contribution in [2.75, 3.05) is 16.8 Å². The van der Waals surface area contributed by atoms with Crippen molar-refractivity contribution in [3.8, 4) is 0 Å². The van der Waals surface area contributed by atoms with E-state index in [-0.39, 0.29) is 18.2 Å². The highest BCUT2D eigenvalue weighted by Crippen LogP contribution is 2.27. The van der Waals surface area contributed by atoms with E-state index >= 15 is 0 Å². The summed E-state index contributed by atoms with van der Waals surface area (Å²) >= 11 is 0. The second kappa shape index (κ2) is 6.83. The predicted molar refractivity (Wildman–Crippen MR) is 91.3 cm³/mol. The van der Waals surface area contributed by atoms with Crippen LogP contribution in [0.3, 0.4) is 0 Å². The minimum Gasteiger partial charge on any atom is -0.326 e. The van der Waals surface area contributed by atoms with Crippen LogP contribution < -0.4 is 10.2 Å². The lowest BCUT2D eigenvalue weighted by molar-refractivity contribution is -0.122. The molecule has 0 aromatic heterocycles. The van der Waals surface area contributed by atoms with Gasteiger partial charge < -0.3 is 10.2 Å². The van der Waals surface area contributed by atoms with E-state index in [4.69, 9.17) is 0 Å². The lowest BCUT2D eigenvalue weighted by Gasteiger charge is -2.17. The van der Waals surface area contributed by atoms with E-state index in [1.54, 1.807) is 11.0 Å². The molecule has 3 rings (SSSR count). The first-order valence-electron chi connectivity index (χ1n) is 8.02. The Labute approximate surface area is 140 Å². The smallest absolute Gasteiger partial charge is 0.229 e. The van der Waals surface area contributed by atoms with Crippen LogP contribution >= 0.6 is 0 Å². The largest absolute Gasteiger partial charge is 0.326 e. The molecule has 1 atom stereocenters. The average Bonchev–Trinajstić information content (AvgIpc) is 2.97. The maximum atomic E-state index is 13.2. The highest BCUT2D eigenvalue weighted by molar-refractivity contribution is 6.03. The Bertz CT molecular complexity index is 775. The van der Waals surface area contributed by atoms with E-state index < -0.39 is 11.7 Å². The maximum Gasteiger partial charge on any atom is 0.229 e.